The van der Waals surface area contributed by atoms with Gasteiger partial charge in [0.05, 0.1) is 0 Å². The van der Waals surface area contributed by atoms with Crippen LogP contribution in [0.25, 0.3) is 0 Å². The van der Waals surface area contributed by atoms with Crippen LogP contribution in [0.3, 0.4) is 0 Å². The molecule has 1 aliphatic carbocycles. The minimum Gasteiger partial charge on any atom is -0.387 e. The lowest BCUT2D eigenvalue weighted by atomic mass is 9.94. The number of aliphatic hydroxyl groups excluding tert-OH is 1. The highest BCUT2D eigenvalue weighted by molar-refractivity contribution is 5.43. The summed E-state index contributed by atoms with van der Waals surface area (Å²) in [7, 11) is 0. The first-order valence-corrected chi connectivity index (χ1v) is 13.4. The highest BCUT2D eigenvalue weighted by atomic mass is 16.8. The van der Waals surface area contributed by atoms with Crippen molar-refractivity contribution in [3.8, 4) is 0 Å². The van der Waals surface area contributed by atoms with Crippen LogP contribution < -0.4 is 10.2 Å². The Bertz CT molecular complexity index is 829. The summed E-state index contributed by atoms with van der Waals surface area (Å²) in [5, 5.41) is 14.4. The molecule has 4 saturated heterocycles. The molecular weight excluding hydrogens is 434 g/mol. The Morgan fingerprint density at radius 2 is 1.82 bits per heavy atom. The molecule has 0 bridgehead atoms. The third-order valence-electron chi connectivity index (χ3n) is 8.21. The van der Waals surface area contributed by atoms with E-state index in [1.165, 1.54) is 32.1 Å². The molecule has 0 amide bonds. The van der Waals surface area contributed by atoms with Crippen molar-refractivity contribution >= 4 is 11.8 Å². The van der Waals surface area contributed by atoms with Crippen LogP contribution in [0.5, 0.6) is 0 Å². The summed E-state index contributed by atoms with van der Waals surface area (Å²) in [5.41, 5.74) is 0. The molecule has 9 heteroatoms. The van der Waals surface area contributed by atoms with Crippen LogP contribution in [0.1, 0.15) is 64.2 Å². The number of aliphatic hydroxyl groups is 1. The largest absolute Gasteiger partial charge is 0.387 e. The van der Waals surface area contributed by atoms with Crippen LogP contribution >= 0.6 is 0 Å². The third kappa shape index (κ3) is 4.78. The fraction of sp³-hybridized carbons (Fsp3) is 0.840. The average molecular weight is 474 g/mol. The van der Waals surface area contributed by atoms with Gasteiger partial charge in [-0.25, -0.2) is 4.98 Å². The Labute approximate surface area is 202 Å². The number of anilines is 2. The Balaban J connectivity index is 1.00. The van der Waals surface area contributed by atoms with E-state index in [0.717, 1.165) is 64.1 Å². The highest BCUT2D eigenvalue weighted by Gasteiger charge is 2.57. The van der Waals surface area contributed by atoms with E-state index in [4.69, 9.17) is 19.2 Å². The molecule has 1 spiro atoms. The van der Waals surface area contributed by atoms with Crippen LogP contribution in [-0.2, 0) is 14.2 Å². The zero-order valence-corrected chi connectivity index (χ0v) is 20.1. The molecule has 1 saturated carbocycles. The lowest BCUT2D eigenvalue weighted by Gasteiger charge is -2.33. The predicted molar refractivity (Wildman–Crippen MR) is 128 cm³/mol. The minimum atomic E-state index is -0.646. The topological polar surface area (TPSA) is 92.2 Å². The molecule has 5 atom stereocenters. The normalized spacial score (nSPS) is 36.0. The lowest BCUT2D eigenvalue weighted by Crippen LogP contribution is -2.43. The van der Waals surface area contributed by atoms with Crippen LogP contribution in [-0.4, -0.2) is 89.1 Å². The number of hydrogen-bond donors (Lipinski definition) is 2. The van der Waals surface area contributed by atoms with Gasteiger partial charge in [-0.05, 0) is 38.2 Å². The van der Waals surface area contributed by atoms with Crippen LogP contribution in [0.2, 0.25) is 0 Å². The molecule has 188 valence electrons. The number of ether oxygens (including phenoxy) is 3. The van der Waals surface area contributed by atoms with Gasteiger partial charge in [0, 0.05) is 57.8 Å². The molecule has 5 heterocycles. The monoisotopic (exact) mass is 473 g/mol. The number of likely N-dealkylation sites (tertiary alicyclic amines) is 1. The molecule has 1 aromatic heterocycles. The van der Waals surface area contributed by atoms with Gasteiger partial charge in [-0.15, -0.1) is 0 Å². The van der Waals surface area contributed by atoms with Crippen molar-refractivity contribution in [1.82, 2.24) is 14.9 Å². The average Bonchev–Trinajstić information content (AvgIpc) is 3.41. The van der Waals surface area contributed by atoms with E-state index in [1.807, 2.05) is 12.3 Å². The number of hydrogen-bond acceptors (Lipinski definition) is 9. The summed E-state index contributed by atoms with van der Waals surface area (Å²) in [6, 6.07) is 2.31. The minimum absolute atomic E-state index is 0.280. The van der Waals surface area contributed by atoms with Gasteiger partial charge in [-0.3, -0.25) is 4.90 Å². The molecule has 2 N–H and O–H groups in total. The Morgan fingerprint density at radius 3 is 2.62 bits per heavy atom. The van der Waals surface area contributed by atoms with E-state index in [9.17, 15) is 5.11 Å². The summed E-state index contributed by atoms with van der Waals surface area (Å²) in [4.78, 5) is 14.0. The van der Waals surface area contributed by atoms with E-state index in [0.29, 0.717) is 12.5 Å². The van der Waals surface area contributed by atoms with Gasteiger partial charge in [0.25, 0.3) is 0 Å². The Kier molecular flexibility index (Phi) is 6.64. The van der Waals surface area contributed by atoms with Gasteiger partial charge in [0.2, 0.25) is 5.95 Å². The van der Waals surface area contributed by atoms with Crippen LogP contribution in [0, 0.1) is 0 Å². The Hall–Kier alpha value is -1.52. The number of nitrogens with zero attached hydrogens (tertiary/aromatic N) is 4. The molecule has 0 aromatic carbocycles. The summed E-state index contributed by atoms with van der Waals surface area (Å²) < 4.78 is 18.6. The fourth-order valence-electron chi connectivity index (χ4n) is 6.34. The summed E-state index contributed by atoms with van der Waals surface area (Å²) >= 11 is 0. The number of rotatable bonds is 5. The number of nitrogens with one attached hydrogen (secondary N) is 1. The second-order valence-corrected chi connectivity index (χ2v) is 10.7. The Morgan fingerprint density at radius 1 is 1.03 bits per heavy atom. The standard InChI is InChI=1S/C25H39N5O4/c31-21-19(32-23-22(21)33-25(34-23)10-4-3-5-11-25)17-29-15-9-18(16-29)27-24-26-12-8-20(28-24)30-13-6-1-2-7-14-30/h8,12,18-19,21-23,31H,1-7,9-11,13-17H2,(H,26,27,28)/t18?,19-,21+,22-,23-/m1/s1. The predicted octanol–water partition coefficient (Wildman–Crippen LogP) is 2.50. The molecular formula is C25H39N5O4. The maximum Gasteiger partial charge on any atom is 0.224 e. The molecule has 5 aliphatic rings. The van der Waals surface area contributed by atoms with Crippen molar-refractivity contribution in [3.05, 3.63) is 12.3 Å². The van der Waals surface area contributed by atoms with E-state index in [1.54, 1.807) is 0 Å². The van der Waals surface area contributed by atoms with Gasteiger partial charge in [0.1, 0.15) is 24.1 Å². The van der Waals surface area contributed by atoms with Gasteiger partial charge in [0.15, 0.2) is 12.1 Å². The van der Waals surface area contributed by atoms with Crippen molar-refractivity contribution < 1.29 is 19.3 Å². The molecule has 0 radical (unpaired) electrons. The van der Waals surface area contributed by atoms with E-state index in [-0.39, 0.29) is 18.2 Å². The molecule has 34 heavy (non-hydrogen) atoms. The number of fused-ring (bicyclic) bond motifs is 1. The maximum atomic E-state index is 10.9. The van der Waals surface area contributed by atoms with Gasteiger partial charge in [-0.1, -0.05) is 19.3 Å². The van der Waals surface area contributed by atoms with Crippen molar-refractivity contribution in [2.75, 3.05) is 42.9 Å². The summed E-state index contributed by atoms with van der Waals surface area (Å²) in [5.74, 6) is 1.21. The molecule has 9 nitrogen and oxygen atoms in total. The molecule has 1 unspecified atom stereocenters. The van der Waals surface area contributed by atoms with Crippen molar-refractivity contribution in [2.45, 2.75) is 101 Å². The van der Waals surface area contributed by atoms with E-state index >= 15 is 0 Å². The second kappa shape index (κ2) is 9.85. The third-order valence-corrected chi connectivity index (χ3v) is 8.21. The van der Waals surface area contributed by atoms with Gasteiger partial charge in [-0.2, -0.15) is 4.98 Å². The summed E-state index contributed by atoms with van der Waals surface area (Å²) in [6.07, 6.45) is 11.5. The molecule has 5 fully saturated rings. The lowest BCUT2D eigenvalue weighted by molar-refractivity contribution is -0.246. The first-order valence-electron chi connectivity index (χ1n) is 13.4. The first-order chi connectivity index (χ1) is 16.7. The van der Waals surface area contributed by atoms with Crippen molar-refractivity contribution in [1.29, 1.82) is 0 Å². The van der Waals surface area contributed by atoms with Gasteiger partial charge >= 0.3 is 0 Å². The zero-order valence-electron chi connectivity index (χ0n) is 20.1. The van der Waals surface area contributed by atoms with E-state index < -0.39 is 18.2 Å². The molecule has 4 aliphatic heterocycles. The van der Waals surface area contributed by atoms with Crippen LogP contribution in [0.4, 0.5) is 11.8 Å². The SMILES string of the molecule is O[C@@H]1[C@H]2OC3(CCCCC3)O[C@H]2O[C@@H]1CN1CCC(Nc2nccc(N3CCCCCC3)n2)C1. The zero-order chi connectivity index (χ0) is 23.0. The quantitative estimate of drug-likeness (QED) is 0.669. The van der Waals surface area contributed by atoms with Gasteiger partial charge < -0.3 is 29.5 Å². The van der Waals surface area contributed by atoms with E-state index in [2.05, 4.69) is 20.1 Å². The first kappa shape index (κ1) is 22.9. The summed E-state index contributed by atoms with van der Waals surface area (Å²) in [6.45, 7) is 4.67. The molecule has 1 aromatic rings. The van der Waals surface area contributed by atoms with Crippen LogP contribution in [0.15, 0.2) is 12.3 Å². The highest BCUT2D eigenvalue weighted by Crippen LogP contribution is 2.45. The second-order valence-electron chi connectivity index (χ2n) is 10.7. The van der Waals surface area contributed by atoms with Crippen molar-refractivity contribution in [2.24, 2.45) is 0 Å². The smallest absolute Gasteiger partial charge is 0.224 e. The fourth-order valence-corrected chi connectivity index (χ4v) is 6.34. The maximum absolute atomic E-state index is 10.9. The van der Waals surface area contributed by atoms with Crippen molar-refractivity contribution in [3.63, 3.8) is 0 Å². The molecule has 6 rings (SSSR count). The number of aromatic nitrogens is 2.